The van der Waals surface area contributed by atoms with Gasteiger partial charge >= 0.3 is 0 Å². The summed E-state index contributed by atoms with van der Waals surface area (Å²) in [6.07, 6.45) is 0.291. The number of nitrogens with one attached hydrogen (secondary N) is 1. The van der Waals surface area contributed by atoms with E-state index in [2.05, 4.69) is 5.32 Å². The average Bonchev–Trinajstić information content (AvgIpc) is 2.79. The first kappa shape index (κ1) is 13.2. The van der Waals surface area contributed by atoms with E-state index in [1.807, 2.05) is 0 Å². The zero-order chi connectivity index (χ0) is 14.3. The fourth-order valence-corrected chi connectivity index (χ4v) is 2.57. The van der Waals surface area contributed by atoms with E-state index < -0.39 is 0 Å². The van der Waals surface area contributed by atoms with Crippen molar-refractivity contribution in [1.82, 2.24) is 0 Å². The van der Waals surface area contributed by atoms with E-state index in [0.29, 0.717) is 27.6 Å². The molecule has 0 aromatic heterocycles. The van der Waals surface area contributed by atoms with Crippen molar-refractivity contribution < 1.29 is 9.59 Å². The topological polar surface area (TPSA) is 46.2 Å². The van der Waals surface area contributed by atoms with Crippen LogP contribution in [0.1, 0.15) is 21.5 Å². The highest BCUT2D eigenvalue weighted by atomic mass is 35.5. The van der Waals surface area contributed by atoms with Crippen LogP contribution in [0, 0.1) is 0 Å². The molecule has 5 heteroatoms. The number of amides is 1. The lowest BCUT2D eigenvalue weighted by Crippen LogP contribution is -2.03. The van der Waals surface area contributed by atoms with Gasteiger partial charge in [0.1, 0.15) is 0 Å². The summed E-state index contributed by atoms with van der Waals surface area (Å²) in [5.74, 6) is -0.273. The summed E-state index contributed by atoms with van der Waals surface area (Å²) in [6.45, 7) is 0. The molecule has 2 aromatic rings. The summed E-state index contributed by atoms with van der Waals surface area (Å²) >= 11 is 11.9. The largest absolute Gasteiger partial charge is 0.326 e. The molecule has 3 rings (SSSR count). The standard InChI is InChI=1S/C15H9Cl2NO2/c16-10-2-3-12(17)11(7-10)15(20)8-1-4-13-9(5-8)6-14(19)18-13/h1-5,7H,6H2,(H,18,19). The molecule has 100 valence electrons. The second kappa shape index (κ2) is 4.93. The molecule has 1 amide bonds. The lowest BCUT2D eigenvalue weighted by Gasteiger charge is -2.06. The van der Waals surface area contributed by atoms with Gasteiger partial charge in [0.15, 0.2) is 5.78 Å². The summed E-state index contributed by atoms with van der Waals surface area (Å²) in [5, 5.41) is 3.54. The number of ketones is 1. The van der Waals surface area contributed by atoms with E-state index >= 15 is 0 Å². The summed E-state index contributed by atoms with van der Waals surface area (Å²) < 4.78 is 0. The molecule has 1 heterocycles. The number of hydrogen-bond acceptors (Lipinski definition) is 2. The SMILES string of the molecule is O=C1Cc2cc(C(=O)c3cc(Cl)ccc3Cl)ccc2N1. The number of carbonyl (C=O) groups excluding carboxylic acids is 2. The molecule has 0 saturated heterocycles. The van der Waals surface area contributed by atoms with Crippen LogP contribution in [-0.4, -0.2) is 11.7 Å². The summed E-state index contributed by atoms with van der Waals surface area (Å²) in [5.41, 5.74) is 2.42. The maximum Gasteiger partial charge on any atom is 0.228 e. The first-order chi connectivity index (χ1) is 9.54. The molecule has 20 heavy (non-hydrogen) atoms. The van der Waals surface area contributed by atoms with Gasteiger partial charge in [-0.1, -0.05) is 23.2 Å². The Balaban J connectivity index is 2.01. The predicted molar refractivity (Wildman–Crippen MR) is 78.7 cm³/mol. The first-order valence-corrected chi connectivity index (χ1v) is 6.73. The number of fused-ring (bicyclic) bond motifs is 1. The Hall–Kier alpha value is -1.84. The van der Waals surface area contributed by atoms with E-state index in [1.54, 1.807) is 36.4 Å². The maximum absolute atomic E-state index is 12.5. The van der Waals surface area contributed by atoms with E-state index in [1.165, 1.54) is 0 Å². The van der Waals surface area contributed by atoms with Crippen molar-refractivity contribution >= 4 is 40.6 Å². The quantitative estimate of drug-likeness (QED) is 0.860. The van der Waals surface area contributed by atoms with Gasteiger partial charge in [-0.2, -0.15) is 0 Å². The number of hydrogen-bond donors (Lipinski definition) is 1. The zero-order valence-electron chi connectivity index (χ0n) is 10.2. The minimum absolute atomic E-state index is 0.0645. The Morgan fingerprint density at radius 3 is 2.70 bits per heavy atom. The number of carbonyl (C=O) groups is 2. The van der Waals surface area contributed by atoms with Crippen molar-refractivity contribution in [3.05, 3.63) is 63.1 Å². The maximum atomic E-state index is 12.5. The lowest BCUT2D eigenvalue weighted by atomic mass is 10.0. The molecule has 0 unspecified atom stereocenters. The van der Waals surface area contributed by atoms with Crippen molar-refractivity contribution in [3.8, 4) is 0 Å². The van der Waals surface area contributed by atoms with Crippen LogP contribution in [0.2, 0.25) is 10.0 Å². The van der Waals surface area contributed by atoms with E-state index in [9.17, 15) is 9.59 Å². The third-order valence-corrected chi connectivity index (χ3v) is 3.73. The second-order valence-corrected chi connectivity index (χ2v) is 5.39. The molecule has 1 N–H and O–H groups in total. The molecule has 3 nitrogen and oxygen atoms in total. The van der Waals surface area contributed by atoms with Crippen molar-refractivity contribution in [1.29, 1.82) is 0 Å². The van der Waals surface area contributed by atoms with Gasteiger partial charge in [-0.3, -0.25) is 9.59 Å². The van der Waals surface area contributed by atoms with Gasteiger partial charge in [-0.05, 0) is 42.0 Å². The van der Waals surface area contributed by atoms with Crippen molar-refractivity contribution in [2.75, 3.05) is 5.32 Å². The lowest BCUT2D eigenvalue weighted by molar-refractivity contribution is -0.115. The Morgan fingerprint density at radius 2 is 1.90 bits per heavy atom. The normalized spacial score (nSPS) is 13.0. The number of rotatable bonds is 2. The van der Waals surface area contributed by atoms with E-state index in [0.717, 1.165) is 11.3 Å². The van der Waals surface area contributed by atoms with Crippen LogP contribution in [0.5, 0.6) is 0 Å². The van der Waals surface area contributed by atoms with Gasteiger partial charge in [-0.15, -0.1) is 0 Å². The van der Waals surface area contributed by atoms with Crippen molar-refractivity contribution in [2.45, 2.75) is 6.42 Å². The molecule has 2 aromatic carbocycles. The smallest absolute Gasteiger partial charge is 0.228 e. The highest BCUT2D eigenvalue weighted by molar-refractivity contribution is 6.36. The Bertz CT molecular complexity index is 741. The van der Waals surface area contributed by atoms with Crippen LogP contribution in [0.3, 0.4) is 0 Å². The van der Waals surface area contributed by atoms with Gasteiger partial charge in [0, 0.05) is 21.8 Å². The molecule has 0 fully saturated rings. The van der Waals surface area contributed by atoms with Gasteiger partial charge in [0.05, 0.1) is 11.4 Å². The van der Waals surface area contributed by atoms with Crippen molar-refractivity contribution in [3.63, 3.8) is 0 Å². The summed E-state index contributed by atoms with van der Waals surface area (Å²) in [6, 6.07) is 9.88. The molecule has 0 bridgehead atoms. The van der Waals surface area contributed by atoms with E-state index in [-0.39, 0.29) is 11.7 Å². The highest BCUT2D eigenvalue weighted by Gasteiger charge is 2.20. The fraction of sp³-hybridized carbons (Fsp3) is 0.0667. The van der Waals surface area contributed by atoms with Gasteiger partial charge in [-0.25, -0.2) is 0 Å². The zero-order valence-corrected chi connectivity index (χ0v) is 11.8. The molecule has 1 aliphatic heterocycles. The molecule has 0 atom stereocenters. The molecule has 0 radical (unpaired) electrons. The highest BCUT2D eigenvalue weighted by Crippen LogP contribution is 2.27. The van der Waals surface area contributed by atoms with Gasteiger partial charge < -0.3 is 5.32 Å². The molecule has 1 aliphatic rings. The van der Waals surface area contributed by atoms with Crippen LogP contribution in [0.15, 0.2) is 36.4 Å². The Morgan fingerprint density at radius 1 is 1.10 bits per heavy atom. The predicted octanol–water partition coefficient (Wildman–Crippen LogP) is 3.72. The molecule has 0 aliphatic carbocycles. The van der Waals surface area contributed by atoms with Crippen LogP contribution in [-0.2, 0) is 11.2 Å². The Kier molecular flexibility index (Phi) is 3.24. The second-order valence-electron chi connectivity index (χ2n) is 4.55. The molecule has 0 saturated carbocycles. The molecular formula is C15H9Cl2NO2. The number of halogens is 2. The monoisotopic (exact) mass is 305 g/mol. The van der Waals surface area contributed by atoms with Crippen LogP contribution in [0.25, 0.3) is 0 Å². The van der Waals surface area contributed by atoms with Crippen LogP contribution in [0.4, 0.5) is 5.69 Å². The summed E-state index contributed by atoms with van der Waals surface area (Å²) in [4.78, 5) is 23.8. The third-order valence-electron chi connectivity index (χ3n) is 3.17. The van der Waals surface area contributed by atoms with Crippen LogP contribution >= 0.6 is 23.2 Å². The third kappa shape index (κ3) is 2.30. The fourth-order valence-electron chi connectivity index (χ4n) is 2.20. The van der Waals surface area contributed by atoms with Crippen molar-refractivity contribution in [2.24, 2.45) is 0 Å². The minimum Gasteiger partial charge on any atom is -0.326 e. The first-order valence-electron chi connectivity index (χ1n) is 5.97. The summed E-state index contributed by atoms with van der Waals surface area (Å²) in [7, 11) is 0. The van der Waals surface area contributed by atoms with Gasteiger partial charge in [0.25, 0.3) is 0 Å². The minimum atomic E-state index is -0.209. The molecule has 0 spiro atoms. The average molecular weight is 306 g/mol. The Labute approximate surface area is 125 Å². The van der Waals surface area contributed by atoms with Crippen LogP contribution < -0.4 is 5.32 Å². The van der Waals surface area contributed by atoms with E-state index in [4.69, 9.17) is 23.2 Å². The number of anilines is 1. The molecular weight excluding hydrogens is 297 g/mol. The number of benzene rings is 2. The van der Waals surface area contributed by atoms with Gasteiger partial charge in [0.2, 0.25) is 5.91 Å².